The normalized spacial score (nSPS) is 19.6. The molecule has 1 N–H and O–H groups in total. The van der Waals surface area contributed by atoms with Gasteiger partial charge in [-0.1, -0.05) is 34.1 Å². The first-order chi connectivity index (χ1) is 7.76. The molecule has 1 aromatic rings. The lowest BCUT2D eigenvalue weighted by atomic mass is 9.84. The van der Waals surface area contributed by atoms with Crippen LogP contribution in [0.2, 0.25) is 0 Å². The lowest BCUT2D eigenvalue weighted by molar-refractivity contribution is 0.0412. The molecule has 0 radical (unpaired) electrons. The number of benzene rings is 1. The van der Waals surface area contributed by atoms with E-state index >= 15 is 0 Å². The van der Waals surface area contributed by atoms with E-state index in [0.29, 0.717) is 0 Å². The van der Waals surface area contributed by atoms with Crippen molar-refractivity contribution in [2.45, 2.75) is 24.8 Å². The van der Waals surface area contributed by atoms with Crippen molar-refractivity contribution < 1.29 is 4.74 Å². The van der Waals surface area contributed by atoms with Gasteiger partial charge in [0.05, 0.1) is 0 Å². The molecular weight excluding hydrogens is 266 g/mol. The van der Waals surface area contributed by atoms with Crippen molar-refractivity contribution in [2.75, 3.05) is 20.3 Å². The Balaban J connectivity index is 2.15. The Morgan fingerprint density at radius 2 is 2.00 bits per heavy atom. The van der Waals surface area contributed by atoms with Gasteiger partial charge in [-0.15, -0.1) is 0 Å². The SMILES string of the molecule is CNC1(Cc2ccccc2Br)CCOCC1. The molecule has 1 saturated heterocycles. The van der Waals surface area contributed by atoms with Gasteiger partial charge < -0.3 is 10.1 Å². The Morgan fingerprint density at radius 3 is 2.62 bits per heavy atom. The molecule has 0 atom stereocenters. The fraction of sp³-hybridized carbons (Fsp3) is 0.538. The molecule has 0 amide bonds. The van der Waals surface area contributed by atoms with Crippen molar-refractivity contribution in [2.24, 2.45) is 0 Å². The van der Waals surface area contributed by atoms with Crippen LogP contribution < -0.4 is 5.32 Å². The summed E-state index contributed by atoms with van der Waals surface area (Å²) in [7, 11) is 2.06. The zero-order valence-corrected chi connectivity index (χ0v) is 11.2. The Morgan fingerprint density at radius 1 is 1.31 bits per heavy atom. The fourth-order valence-electron chi connectivity index (χ4n) is 2.28. The van der Waals surface area contributed by atoms with E-state index in [1.54, 1.807) is 0 Å². The molecule has 0 saturated carbocycles. The van der Waals surface area contributed by atoms with Crippen LogP contribution in [0.4, 0.5) is 0 Å². The molecular formula is C13H18BrNO. The number of hydrogen-bond donors (Lipinski definition) is 1. The van der Waals surface area contributed by atoms with Crippen molar-refractivity contribution >= 4 is 15.9 Å². The number of nitrogens with one attached hydrogen (secondary N) is 1. The molecule has 1 heterocycles. The molecule has 1 aromatic carbocycles. The average Bonchev–Trinajstić information content (AvgIpc) is 2.33. The predicted molar refractivity (Wildman–Crippen MR) is 69.7 cm³/mol. The summed E-state index contributed by atoms with van der Waals surface area (Å²) >= 11 is 3.62. The topological polar surface area (TPSA) is 21.3 Å². The van der Waals surface area contributed by atoms with Crippen molar-refractivity contribution in [1.82, 2.24) is 5.32 Å². The van der Waals surface area contributed by atoms with E-state index in [4.69, 9.17) is 4.74 Å². The molecule has 2 nitrogen and oxygen atoms in total. The second-order valence-electron chi connectivity index (χ2n) is 4.41. The smallest absolute Gasteiger partial charge is 0.0483 e. The monoisotopic (exact) mass is 283 g/mol. The highest BCUT2D eigenvalue weighted by molar-refractivity contribution is 9.10. The fourth-order valence-corrected chi connectivity index (χ4v) is 2.71. The third-order valence-electron chi connectivity index (χ3n) is 3.47. The van der Waals surface area contributed by atoms with Crippen LogP contribution in [-0.2, 0) is 11.2 Å². The van der Waals surface area contributed by atoms with Gasteiger partial charge in [-0.3, -0.25) is 0 Å². The van der Waals surface area contributed by atoms with Gasteiger partial charge in [0.2, 0.25) is 0 Å². The summed E-state index contributed by atoms with van der Waals surface area (Å²) in [5.74, 6) is 0. The maximum absolute atomic E-state index is 5.44. The van der Waals surface area contributed by atoms with E-state index in [9.17, 15) is 0 Å². The van der Waals surface area contributed by atoms with Crippen LogP contribution in [0, 0.1) is 0 Å². The average molecular weight is 284 g/mol. The zero-order chi connectivity index (χ0) is 11.4. The Kier molecular flexibility index (Phi) is 4.00. The summed E-state index contributed by atoms with van der Waals surface area (Å²) in [6.07, 6.45) is 3.24. The number of likely N-dealkylation sites (N-methyl/N-ethyl adjacent to an activating group) is 1. The third-order valence-corrected chi connectivity index (χ3v) is 4.24. The molecule has 0 aliphatic carbocycles. The van der Waals surface area contributed by atoms with Gasteiger partial charge in [0.1, 0.15) is 0 Å². The first-order valence-corrected chi connectivity index (χ1v) is 6.55. The van der Waals surface area contributed by atoms with Crippen molar-refractivity contribution in [3.05, 3.63) is 34.3 Å². The van der Waals surface area contributed by atoms with Crippen LogP contribution in [-0.4, -0.2) is 25.8 Å². The summed E-state index contributed by atoms with van der Waals surface area (Å²) in [5, 5.41) is 3.49. The van der Waals surface area contributed by atoms with Crippen molar-refractivity contribution in [3.63, 3.8) is 0 Å². The molecule has 0 aromatic heterocycles. The molecule has 0 bridgehead atoms. The minimum absolute atomic E-state index is 0.210. The van der Waals surface area contributed by atoms with E-state index < -0.39 is 0 Å². The van der Waals surface area contributed by atoms with Crippen LogP contribution in [0.5, 0.6) is 0 Å². The van der Waals surface area contributed by atoms with E-state index in [2.05, 4.69) is 52.6 Å². The van der Waals surface area contributed by atoms with Gasteiger partial charge in [0.15, 0.2) is 0 Å². The number of halogens is 1. The van der Waals surface area contributed by atoms with E-state index in [1.165, 1.54) is 10.0 Å². The Hall–Kier alpha value is -0.380. The van der Waals surface area contributed by atoms with Crippen molar-refractivity contribution in [3.8, 4) is 0 Å². The van der Waals surface area contributed by atoms with Crippen LogP contribution >= 0.6 is 15.9 Å². The minimum Gasteiger partial charge on any atom is -0.381 e. The maximum Gasteiger partial charge on any atom is 0.0483 e. The first kappa shape index (κ1) is 12.1. The summed E-state index contributed by atoms with van der Waals surface area (Å²) in [6.45, 7) is 1.73. The van der Waals surface area contributed by atoms with Crippen LogP contribution in [0.3, 0.4) is 0 Å². The van der Waals surface area contributed by atoms with Gasteiger partial charge in [0, 0.05) is 23.2 Å². The van der Waals surface area contributed by atoms with E-state index in [-0.39, 0.29) is 5.54 Å². The summed E-state index contributed by atoms with van der Waals surface area (Å²) in [5.41, 5.74) is 1.58. The van der Waals surface area contributed by atoms with Crippen LogP contribution in [0.15, 0.2) is 28.7 Å². The summed E-state index contributed by atoms with van der Waals surface area (Å²) < 4.78 is 6.65. The lowest BCUT2D eigenvalue weighted by Gasteiger charge is -2.37. The molecule has 0 spiro atoms. The second-order valence-corrected chi connectivity index (χ2v) is 5.27. The Labute approximate surface area is 106 Å². The Bertz CT molecular complexity index is 348. The predicted octanol–water partition coefficient (Wildman–Crippen LogP) is 2.76. The summed E-state index contributed by atoms with van der Waals surface area (Å²) in [6, 6.07) is 8.46. The largest absolute Gasteiger partial charge is 0.381 e. The third kappa shape index (κ3) is 2.65. The summed E-state index contributed by atoms with van der Waals surface area (Å²) in [4.78, 5) is 0. The standard InChI is InChI=1S/C13H18BrNO/c1-15-13(6-8-16-9-7-13)10-11-4-2-3-5-12(11)14/h2-5,15H,6-10H2,1H3. The number of hydrogen-bond acceptors (Lipinski definition) is 2. The quantitative estimate of drug-likeness (QED) is 0.921. The minimum atomic E-state index is 0.210. The van der Waals surface area contributed by atoms with Gasteiger partial charge in [-0.2, -0.15) is 0 Å². The highest BCUT2D eigenvalue weighted by Crippen LogP contribution is 2.28. The van der Waals surface area contributed by atoms with Crippen LogP contribution in [0.25, 0.3) is 0 Å². The molecule has 0 unspecified atom stereocenters. The molecule has 88 valence electrons. The van der Waals surface area contributed by atoms with Crippen LogP contribution in [0.1, 0.15) is 18.4 Å². The maximum atomic E-state index is 5.44. The molecule has 2 rings (SSSR count). The first-order valence-electron chi connectivity index (χ1n) is 5.76. The van der Waals surface area contributed by atoms with E-state index in [1.807, 2.05) is 0 Å². The van der Waals surface area contributed by atoms with E-state index in [0.717, 1.165) is 32.5 Å². The number of rotatable bonds is 3. The zero-order valence-electron chi connectivity index (χ0n) is 9.63. The molecule has 1 aliphatic heterocycles. The van der Waals surface area contributed by atoms with Gasteiger partial charge >= 0.3 is 0 Å². The molecule has 3 heteroatoms. The molecule has 1 fully saturated rings. The highest BCUT2D eigenvalue weighted by atomic mass is 79.9. The van der Waals surface area contributed by atoms with Gasteiger partial charge in [-0.25, -0.2) is 0 Å². The van der Waals surface area contributed by atoms with Gasteiger partial charge in [0.25, 0.3) is 0 Å². The lowest BCUT2D eigenvalue weighted by Crippen LogP contribution is -2.49. The molecule has 1 aliphatic rings. The highest BCUT2D eigenvalue weighted by Gasteiger charge is 2.31. The number of ether oxygens (including phenoxy) is 1. The molecule has 16 heavy (non-hydrogen) atoms. The second kappa shape index (κ2) is 5.30. The van der Waals surface area contributed by atoms with Crippen molar-refractivity contribution in [1.29, 1.82) is 0 Å². The van der Waals surface area contributed by atoms with Gasteiger partial charge in [-0.05, 0) is 37.9 Å².